The molecule has 0 saturated heterocycles. The molecule has 0 aliphatic carbocycles. The highest BCUT2D eigenvalue weighted by Gasteiger charge is 2.18. The molecule has 5 nitrogen and oxygen atoms in total. The van der Waals surface area contributed by atoms with Gasteiger partial charge in [-0.3, -0.25) is 4.79 Å². The van der Waals surface area contributed by atoms with Crippen molar-refractivity contribution >= 4 is 12.3 Å². The number of aromatic nitrogens is 1. The number of carboxylic acid groups (broad SMARTS) is 1. The molecule has 1 aromatic rings. The average Bonchev–Trinajstić information content (AvgIpc) is 2.46. The maximum Gasteiger partial charge on any atom is 0.358 e. The molecule has 0 bridgehead atoms. The van der Waals surface area contributed by atoms with Gasteiger partial charge in [0.1, 0.15) is 0 Å². The van der Waals surface area contributed by atoms with Crippen LogP contribution in [-0.2, 0) is 6.42 Å². The van der Waals surface area contributed by atoms with E-state index in [0.717, 1.165) is 0 Å². The highest BCUT2D eigenvalue weighted by molar-refractivity contribution is 5.89. The second kappa shape index (κ2) is 3.17. The first-order valence-corrected chi connectivity index (χ1v) is 3.37. The van der Waals surface area contributed by atoms with Crippen molar-refractivity contribution in [1.29, 1.82) is 0 Å². The molecule has 0 saturated carbocycles. The van der Waals surface area contributed by atoms with Crippen molar-refractivity contribution in [2.45, 2.75) is 13.3 Å². The van der Waals surface area contributed by atoms with Gasteiger partial charge in [0, 0.05) is 5.56 Å². The van der Waals surface area contributed by atoms with Gasteiger partial charge in [0.2, 0.25) is 5.76 Å². The molecule has 5 heteroatoms. The third-order valence-electron chi connectivity index (χ3n) is 1.48. The fraction of sp³-hybridized carbons (Fsp3) is 0.286. The second-order valence-corrected chi connectivity index (χ2v) is 2.15. The van der Waals surface area contributed by atoms with Crippen molar-refractivity contribution in [3.63, 3.8) is 0 Å². The summed E-state index contributed by atoms with van der Waals surface area (Å²) in [6.07, 6.45) is 0.872. The van der Waals surface area contributed by atoms with E-state index in [1.54, 1.807) is 6.92 Å². The zero-order chi connectivity index (χ0) is 9.14. The van der Waals surface area contributed by atoms with Gasteiger partial charge >= 0.3 is 5.97 Å². The van der Waals surface area contributed by atoms with Crippen molar-refractivity contribution < 1.29 is 19.2 Å². The van der Waals surface area contributed by atoms with Crippen molar-refractivity contribution in [3.05, 3.63) is 17.0 Å². The van der Waals surface area contributed by atoms with Gasteiger partial charge in [0.05, 0.1) is 0 Å². The summed E-state index contributed by atoms with van der Waals surface area (Å²) >= 11 is 0. The Kier molecular flexibility index (Phi) is 2.23. The molecule has 0 atom stereocenters. The van der Waals surface area contributed by atoms with Crippen LogP contribution in [0.25, 0.3) is 0 Å². The van der Waals surface area contributed by atoms with E-state index in [1.165, 1.54) is 0 Å². The van der Waals surface area contributed by atoms with Crippen LogP contribution in [0.15, 0.2) is 4.52 Å². The van der Waals surface area contributed by atoms with E-state index in [4.69, 9.17) is 5.11 Å². The van der Waals surface area contributed by atoms with E-state index in [-0.39, 0.29) is 11.5 Å². The number of aromatic carboxylic acids is 1. The van der Waals surface area contributed by atoms with Crippen molar-refractivity contribution in [2.75, 3.05) is 0 Å². The summed E-state index contributed by atoms with van der Waals surface area (Å²) in [4.78, 5) is 20.8. The van der Waals surface area contributed by atoms with Crippen LogP contribution < -0.4 is 0 Å². The molecule has 0 unspecified atom stereocenters. The fourth-order valence-corrected chi connectivity index (χ4v) is 0.924. The molecule has 1 aromatic heterocycles. The first-order chi connectivity index (χ1) is 5.70. The Labute approximate surface area is 68.0 Å². The number of carbonyl (C=O) groups excluding carboxylic acids is 1. The van der Waals surface area contributed by atoms with Crippen molar-refractivity contribution in [1.82, 2.24) is 5.16 Å². The molecule has 1 N–H and O–H groups in total. The van der Waals surface area contributed by atoms with Gasteiger partial charge in [-0.05, 0) is 6.42 Å². The molecule has 0 spiro atoms. The zero-order valence-corrected chi connectivity index (χ0v) is 6.40. The molecule has 0 aromatic carbocycles. The molecule has 0 radical (unpaired) electrons. The Bertz CT molecular complexity index is 315. The molecule has 1 rings (SSSR count). The van der Waals surface area contributed by atoms with E-state index >= 15 is 0 Å². The Morgan fingerprint density at radius 1 is 1.75 bits per heavy atom. The highest BCUT2D eigenvalue weighted by atomic mass is 16.5. The molecule has 12 heavy (non-hydrogen) atoms. The number of nitrogens with zero attached hydrogens (tertiary/aromatic N) is 1. The van der Waals surface area contributed by atoms with E-state index in [1.807, 2.05) is 0 Å². The van der Waals surface area contributed by atoms with Crippen molar-refractivity contribution in [3.8, 4) is 0 Å². The van der Waals surface area contributed by atoms with Gasteiger partial charge < -0.3 is 9.63 Å². The molecule has 0 aliphatic rings. The standard InChI is InChI=1S/C7H7NO4/c1-2-4-5(3-9)12-8-6(4)7(10)11/h3H,2H2,1H3,(H,10,11). The quantitative estimate of drug-likeness (QED) is 0.675. The summed E-state index contributed by atoms with van der Waals surface area (Å²) < 4.78 is 4.50. The smallest absolute Gasteiger partial charge is 0.358 e. The van der Waals surface area contributed by atoms with Crippen molar-refractivity contribution in [2.24, 2.45) is 0 Å². The lowest BCUT2D eigenvalue weighted by Gasteiger charge is -1.89. The first kappa shape index (κ1) is 8.45. The third kappa shape index (κ3) is 1.20. The second-order valence-electron chi connectivity index (χ2n) is 2.15. The Morgan fingerprint density at radius 2 is 2.42 bits per heavy atom. The summed E-state index contributed by atoms with van der Waals surface area (Å²) in [5, 5.41) is 11.8. The summed E-state index contributed by atoms with van der Waals surface area (Å²) in [7, 11) is 0. The normalized spacial score (nSPS) is 9.75. The molecule has 64 valence electrons. The number of rotatable bonds is 3. The number of aldehydes is 1. The lowest BCUT2D eigenvalue weighted by atomic mass is 10.1. The zero-order valence-electron chi connectivity index (χ0n) is 6.40. The maximum absolute atomic E-state index is 10.5. The minimum atomic E-state index is -1.18. The Morgan fingerprint density at radius 3 is 2.83 bits per heavy atom. The van der Waals surface area contributed by atoms with E-state index < -0.39 is 5.97 Å². The monoisotopic (exact) mass is 169 g/mol. The van der Waals surface area contributed by atoms with Crippen LogP contribution in [0, 0.1) is 0 Å². The minimum Gasteiger partial charge on any atom is -0.476 e. The SMILES string of the molecule is CCc1c(C(=O)O)noc1C=O. The highest BCUT2D eigenvalue weighted by Crippen LogP contribution is 2.12. The van der Waals surface area contributed by atoms with Crippen LogP contribution in [-0.4, -0.2) is 22.5 Å². The van der Waals surface area contributed by atoms with Crippen LogP contribution >= 0.6 is 0 Å². The first-order valence-electron chi connectivity index (χ1n) is 3.37. The number of carboxylic acids is 1. The van der Waals surface area contributed by atoms with Gasteiger partial charge in [0.25, 0.3) is 0 Å². The number of carbonyl (C=O) groups is 2. The van der Waals surface area contributed by atoms with Gasteiger partial charge in [-0.1, -0.05) is 12.1 Å². The van der Waals surface area contributed by atoms with Crippen LogP contribution in [0.1, 0.15) is 33.5 Å². The topological polar surface area (TPSA) is 80.4 Å². The Hall–Kier alpha value is -1.65. The van der Waals surface area contributed by atoms with Crippen LogP contribution in [0.4, 0.5) is 0 Å². The van der Waals surface area contributed by atoms with E-state index in [2.05, 4.69) is 9.68 Å². The minimum absolute atomic E-state index is 0.00472. The molecule has 0 fully saturated rings. The Balaban J connectivity index is 3.22. The van der Waals surface area contributed by atoms with Gasteiger partial charge in [-0.25, -0.2) is 4.79 Å². The molecule has 0 aliphatic heterocycles. The van der Waals surface area contributed by atoms with Gasteiger partial charge in [0.15, 0.2) is 12.0 Å². The van der Waals surface area contributed by atoms with Gasteiger partial charge in [-0.15, -0.1) is 0 Å². The van der Waals surface area contributed by atoms with Crippen LogP contribution in [0.2, 0.25) is 0 Å². The van der Waals surface area contributed by atoms with E-state index in [9.17, 15) is 9.59 Å². The molecular formula is C7H7NO4. The number of hydrogen-bond donors (Lipinski definition) is 1. The lowest BCUT2D eigenvalue weighted by Crippen LogP contribution is -2.01. The summed E-state index contributed by atoms with van der Waals surface area (Å²) in [6.45, 7) is 1.73. The summed E-state index contributed by atoms with van der Waals surface area (Å²) in [6, 6.07) is 0. The fourth-order valence-electron chi connectivity index (χ4n) is 0.924. The lowest BCUT2D eigenvalue weighted by molar-refractivity contribution is 0.0684. The van der Waals surface area contributed by atoms with E-state index in [0.29, 0.717) is 18.3 Å². The molecular weight excluding hydrogens is 162 g/mol. The van der Waals surface area contributed by atoms with Crippen LogP contribution in [0.3, 0.4) is 0 Å². The summed E-state index contributed by atoms with van der Waals surface area (Å²) in [5.74, 6) is -1.18. The number of hydrogen-bond acceptors (Lipinski definition) is 4. The molecule has 1 heterocycles. The predicted octanol–water partition coefficient (Wildman–Crippen LogP) is 0.748. The molecule has 0 amide bonds. The third-order valence-corrected chi connectivity index (χ3v) is 1.48. The maximum atomic E-state index is 10.5. The van der Waals surface area contributed by atoms with Crippen LogP contribution in [0.5, 0.6) is 0 Å². The summed E-state index contributed by atoms with van der Waals surface area (Å²) in [5.41, 5.74) is 0.164. The largest absolute Gasteiger partial charge is 0.476 e. The predicted molar refractivity (Wildman–Crippen MR) is 38.2 cm³/mol. The van der Waals surface area contributed by atoms with Gasteiger partial charge in [-0.2, -0.15) is 0 Å². The average molecular weight is 169 g/mol.